The Morgan fingerprint density at radius 3 is 2.82 bits per heavy atom. The zero-order chi connectivity index (χ0) is 15.5. The number of nitrogens with zero attached hydrogens (tertiary/aromatic N) is 2. The van der Waals surface area contributed by atoms with Gasteiger partial charge in [0.2, 0.25) is 5.13 Å². The van der Waals surface area contributed by atoms with Crippen LogP contribution in [0.15, 0.2) is 40.1 Å². The topological polar surface area (TPSA) is 37.3 Å². The molecule has 3 rings (SSSR count). The second kappa shape index (κ2) is 6.79. The third-order valence-corrected chi connectivity index (χ3v) is 5.20. The summed E-state index contributed by atoms with van der Waals surface area (Å²) >= 11 is 15.2. The van der Waals surface area contributed by atoms with Crippen LogP contribution in [0.25, 0.3) is 11.3 Å². The van der Waals surface area contributed by atoms with E-state index >= 15 is 0 Å². The van der Waals surface area contributed by atoms with E-state index in [0.29, 0.717) is 15.2 Å². The number of hydrazone groups is 1. The average Bonchev–Trinajstić information content (AvgIpc) is 3.09. The Kier molecular flexibility index (Phi) is 4.78. The summed E-state index contributed by atoms with van der Waals surface area (Å²) in [5.41, 5.74) is 5.81. The van der Waals surface area contributed by atoms with Crippen molar-refractivity contribution in [2.75, 3.05) is 5.43 Å². The maximum Gasteiger partial charge on any atom is 0.203 e. The van der Waals surface area contributed by atoms with Crippen LogP contribution in [0.5, 0.6) is 0 Å². The zero-order valence-electron chi connectivity index (χ0n) is 11.5. The van der Waals surface area contributed by atoms with Crippen LogP contribution in [-0.4, -0.2) is 11.2 Å². The number of anilines is 1. The number of aryl methyl sites for hydroxylation is 1. The fourth-order valence-corrected chi connectivity index (χ4v) is 3.76. The van der Waals surface area contributed by atoms with E-state index in [0.717, 1.165) is 16.1 Å². The maximum absolute atomic E-state index is 6.19. The number of nitrogens with one attached hydrogen (secondary N) is 1. The van der Waals surface area contributed by atoms with Crippen LogP contribution in [0, 0.1) is 6.92 Å². The SMILES string of the molecule is Cc1ccsc1/C=N/Nc1nc(-c2ccc(Cl)cc2Cl)cs1. The van der Waals surface area contributed by atoms with Crippen molar-refractivity contribution in [3.63, 3.8) is 0 Å². The molecule has 3 nitrogen and oxygen atoms in total. The van der Waals surface area contributed by atoms with Crippen molar-refractivity contribution in [2.45, 2.75) is 6.92 Å². The lowest BCUT2D eigenvalue weighted by molar-refractivity contribution is 1.29. The van der Waals surface area contributed by atoms with Crippen LogP contribution in [0.4, 0.5) is 5.13 Å². The number of benzene rings is 1. The van der Waals surface area contributed by atoms with Crippen molar-refractivity contribution in [1.29, 1.82) is 0 Å². The first kappa shape index (κ1) is 15.5. The third-order valence-electron chi connectivity index (χ3n) is 2.95. The predicted octanol–water partition coefficient (Wildman–Crippen LogP) is 5.93. The molecule has 1 N–H and O–H groups in total. The molecule has 0 amide bonds. The summed E-state index contributed by atoms with van der Waals surface area (Å²) in [6.07, 6.45) is 1.80. The molecule has 3 aromatic rings. The number of hydrogen-bond donors (Lipinski definition) is 1. The molecule has 1 aromatic carbocycles. The van der Waals surface area contributed by atoms with Gasteiger partial charge in [0, 0.05) is 20.8 Å². The summed E-state index contributed by atoms with van der Waals surface area (Å²) < 4.78 is 0. The average molecular weight is 368 g/mol. The Hall–Kier alpha value is -1.40. The number of thiophene rings is 1. The van der Waals surface area contributed by atoms with Crippen molar-refractivity contribution in [2.24, 2.45) is 5.10 Å². The first-order valence-electron chi connectivity index (χ1n) is 6.37. The highest BCUT2D eigenvalue weighted by Gasteiger charge is 2.08. The number of aromatic nitrogens is 1. The van der Waals surface area contributed by atoms with Crippen molar-refractivity contribution >= 4 is 57.2 Å². The summed E-state index contributed by atoms with van der Waals surface area (Å²) in [5, 5.41) is 10.1. The van der Waals surface area contributed by atoms with Gasteiger partial charge in [0.05, 0.1) is 16.9 Å². The van der Waals surface area contributed by atoms with E-state index in [9.17, 15) is 0 Å². The lowest BCUT2D eigenvalue weighted by atomic mass is 10.2. The van der Waals surface area contributed by atoms with E-state index in [1.807, 2.05) is 16.8 Å². The number of rotatable bonds is 4. The fourth-order valence-electron chi connectivity index (χ4n) is 1.81. The monoisotopic (exact) mass is 367 g/mol. The van der Waals surface area contributed by atoms with E-state index in [2.05, 4.69) is 28.5 Å². The fraction of sp³-hybridized carbons (Fsp3) is 0.0667. The second-order valence-corrected chi connectivity index (χ2v) is 7.15. The van der Waals surface area contributed by atoms with E-state index in [1.54, 1.807) is 29.7 Å². The van der Waals surface area contributed by atoms with E-state index in [4.69, 9.17) is 23.2 Å². The second-order valence-electron chi connectivity index (χ2n) is 4.50. The van der Waals surface area contributed by atoms with Gasteiger partial charge in [0.25, 0.3) is 0 Å². The van der Waals surface area contributed by atoms with Gasteiger partial charge in [-0.25, -0.2) is 4.98 Å². The molecule has 0 saturated heterocycles. The number of thiazole rings is 1. The van der Waals surface area contributed by atoms with Gasteiger partial charge >= 0.3 is 0 Å². The Morgan fingerprint density at radius 1 is 1.23 bits per heavy atom. The van der Waals surface area contributed by atoms with Crippen molar-refractivity contribution in [3.8, 4) is 11.3 Å². The Morgan fingerprint density at radius 2 is 2.09 bits per heavy atom. The lowest BCUT2D eigenvalue weighted by Gasteiger charge is -2.00. The standard InChI is InChI=1S/C15H11Cl2N3S2/c1-9-4-5-21-14(9)7-18-20-15-19-13(8-22-15)11-3-2-10(16)6-12(11)17/h2-8H,1H3,(H,19,20)/b18-7+. The molecule has 7 heteroatoms. The Bertz CT molecular complexity index is 824. The van der Waals surface area contributed by atoms with Crippen LogP contribution < -0.4 is 5.43 Å². The van der Waals surface area contributed by atoms with Crippen LogP contribution in [-0.2, 0) is 0 Å². The molecular formula is C15H11Cl2N3S2. The van der Waals surface area contributed by atoms with E-state index in [1.165, 1.54) is 16.9 Å². The summed E-state index contributed by atoms with van der Waals surface area (Å²) in [7, 11) is 0. The highest BCUT2D eigenvalue weighted by molar-refractivity contribution is 7.14. The normalized spacial score (nSPS) is 11.2. The molecule has 0 radical (unpaired) electrons. The molecule has 0 fully saturated rings. The minimum atomic E-state index is 0.585. The molecule has 0 aliphatic rings. The molecular weight excluding hydrogens is 357 g/mol. The van der Waals surface area contributed by atoms with Gasteiger partial charge in [-0.15, -0.1) is 22.7 Å². The molecule has 2 heterocycles. The highest BCUT2D eigenvalue weighted by atomic mass is 35.5. The maximum atomic E-state index is 6.19. The molecule has 22 heavy (non-hydrogen) atoms. The molecule has 112 valence electrons. The molecule has 0 bridgehead atoms. The van der Waals surface area contributed by atoms with E-state index in [-0.39, 0.29) is 0 Å². The summed E-state index contributed by atoms with van der Waals surface area (Å²) in [6.45, 7) is 2.06. The summed E-state index contributed by atoms with van der Waals surface area (Å²) in [6, 6.07) is 7.44. The summed E-state index contributed by atoms with van der Waals surface area (Å²) in [5.74, 6) is 0. The minimum Gasteiger partial charge on any atom is -0.253 e. The van der Waals surface area contributed by atoms with Gasteiger partial charge in [-0.2, -0.15) is 5.10 Å². The molecule has 2 aromatic heterocycles. The van der Waals surface area contributed by atoms with Crippen molar-refractivity contribution in [1.82, 2.24) is 4.98 Å². The van der Waals surface area contributed by atoms with Crippen LogP contribution >= 0.6 is 45.9 Å². The van der Waals surface area contributed by atoms with Crippen molar-refractivity contribution in [3.05, 3.63) is 55.5 Å². The van der Waals surface area contributed by atoms with Gasteiger partial charge < -0.3 is 0 Å². The summed E-state index contributed by atoms with van der Waals surface area (Å²) in [4.78, 5) is 5.61. The number of halogens is 2. The Balaban J connectivity index is 1.74. The molecule has 0 saturated carbocycles. The molecule has 0 spiro atoms. The van der Waals surface area contributed by atoms with Gasteiger partial charge in [0.15, 0.2) is 0 Å². The minimum absolute atomic E-state index is 0.585. The van der Waals surface area contributed by atoms with Crippen LogP contribution in [0.3, 0.4) is 0 Å². The smallest absolute Gasteiger partial charge is 0.203 e. The van der Waals surface area contributed by atoms with Crippen molar-refractivity contribution < 1.29 is 0 Å². The lowest BCUT2D eigenvalue weighted by Crippen LogP contribution is -1.89. The zero-order valence-corrected chi connectivity index (χ0v) is 14.7. The molecule has 0 unspecified atom stereocenters. The third kappa shape index (κ3) is 3.50. The van der Waals surface area contributed by atoms with E-state index < -0.39 is 0 Å². The van der Waals surface area contributed by atoms with Gasteiger partial charge in [0.1, 0.15) is 0 Å². The first-order valence-corrected chi connectivity index (χ1v) is 8.89. The largest absolute Gasteiger partial charge is 0.253 e. The van der Waals surface area contributed by atoms with Crippen LogP contribution in [0.2, 0.25) is 10.0 Å². The molecule has 0 aliphatic heterocycles. The van der Waals surface area contributed by atoms with Gasteiger partial charge in [-0.1, -0.05) is 23.2 Å². The molecule has 0 atom stereocenters. The molecule has 0 aliphatic carbocycles. The predicted molar refractivity (Wildman–Crippen MR) is 97.8 cm³/mol. The van der Waals surface area contributed by atoms with Gasteiger partial charge in [-0.05, 0) is 42.1 Å². The highest BCUT2D eigenvalue weighted by Crippen LogP contribution is 2.32. The van der Waals surface area contributed by atoms with Crippen LogP contribution in [0.1, 0.15) is 10.4 Å². The quantitative estimate of drug-likeness (QED) is 0.458. The first-order chi connectivity index (χ1) is 10.6. The Labute approximate surface area is 146 Å². The van der Waals surface area contributed by atoms with Gasteiger partial charge in [-0.3, -0.25) is 5.43 Å². The number of hydrogen-bond acceptors (Lipinski definition) is 5.